The summed E-state index contributed by atoms with van der Waals surface area (Å²) in [5.41, 5.74) is 2.58. The SMILES string of the molecule is CS(=O)(=O)N1CCC(C(=O)NCc2ccc(N3CCOCC3)cc2)Oc2ccccc21. The molecule has 31 heavy (non-hydrogen) atoms. The highest BCUT2D eigenvalue weighted by Gasteiger charge is 2.30. The van der Waals surface area contributed by atoms with E-state index in [4.69, 9.17) is 9.47 Å². The van der Waals surface area contributed by atoms with Gasteiger partial charge in [-0.1, -0.05) is 24.3 Å². The number of benzene rings is 2. The van der Waals surface area contributed by atoms with Crippen LogP contribution in [0.2, 0.25) is 0 Å². The van der Waals surface area contributed by atoms with Crippen molar-refractivity contribution in [1.82, 2.24) is 5.32 Å². The minimum absolute atomic E-state index is 0.183. The van der Waals surface area contributed by atoms with Crippen LogP contribution in [0.1, 0.15) is 12.0 Å². The fourth-order valence-electron chi connectivity index (χ4n) is 3.81. The maximum Gasteiger partial charge on any atom is 0.261 e. The Morgan fingerprint density at radius 2 is 1.77 bits per heavy atom. The summed E-state index contributed by atoms with van der Waals surface area (Å²) in [6, 6.07) is 15.0. The normalized spacial score (nSPS) is 19.2. The van der Waals surface area contributed by atoms with E-state index in [0.717, 1.165) is 43.8 Å². The lowest BCUT2D eigenvalue weighted by Crippen LogP contribution is -2.39. The van der Waals surface area contributed by atoms with Crippen LogP contribution in [-0.2, 0) is 26.1 Å². The van der Waals surface area contributed by atoms with Crippen LogP contribution in [-0.4, -0.2) is 59.5 Å². The molecule has 0 radical (unpaired) electrons. The van der Waals surface area contributed by atoms with Gasteiger partial charge >= 0.3 is 0 Å². The molecule has 0 saturated carbocycles. The molecular weight excluding hydrogens is 418 g/mol. The van der Waals surface area contributed by atoms with E-state index in [0.29, 0.717) is 18.0 Å². The van der Waals surface area contributed by atoms with Gasteiger partial charge in [0.2, 0.25) is 10.0 Å². The second-order valence-electron chi connectivity index (χ2n) is 7.68. The number of morpholine rings is 1. The minimum Gasteiger partial charge on any atom is -0.478 e. The quantitative estimate of drug-likeness (QED) is 0.755. The lowest BCUT2D eigenvalue weighted by molar-refractivity contribution is -0.128. The molecule has 1 atom stereocenters. The number of fused-ring (bicyclic) bond motifs is 1. The number of rotatable bonds is 5. The molecule has 1 N–H and O–H groups in total. The highest BCUT2D eigenvalue weighted by Crippen LogP contribution is 2.33. The van der Waals surface area contributed by atoms with E-state index in [1.54, 1.807) is 24.3 Å². The summed E-state index contributed by atoms with van der Waals surface area (Å²) in [5, 5.41) is 2.91. The molecule has 1 unspecified atom stereocenters. The molecule has 2 aromatic carbocycles. The van der Waals surface area contributed by atoms with Crippen LogP contribution in [0.4, 0.5) is 11.4 Å². The monoisotopic (exact) mass is 445 g/mol. The minimum atomic E-state index is -3.47. The molecule has 166 valence electrons. The van der Waals surface area contributed by atoms with E-state index in [2.05, 4.69) is 22.3 Å². The third-order valence-corrected chi connectivity index (χ3v) is 6.65. The summed E-state index contributed by atoms with van der Waals surface area (Å²) in [6.45, 7) is 3.78. The van der Waals surface area contributed by atoms with Gasteiger partial charge in [-0.05, 0) is 29.8 Å². The lowest BCUT2D eigenvalue weighted by atomic mass is 10.1. The summed E-state index contributed by atoms with van der Waals surface area (Å²) in [6.07, 6.45) is 0.662. The third kappa shape index (κ3) is 5.11. The molecule has 2 heterocycles. The van der Waals surface area contributed by atoms with Gasteiger partial charge in [0.1, 0.15) is 5.75 Å². The van der Waals surface area contributed by atoms with Crippen molar-refractivity contribution in [2.45, 2.75) is 19.1 Å². The first kappa shape index (κ1) is 21.5. The molecule has 0 aromatic heterocycles. The van der Waals surface area contributed by atoms with E-state index in [-0.39, 0.29) is 18.9 Å². The van der Waals surface area contributed by atoms with Gasteiger partial charge in [0, 0.05) is 38.3 Å². The van der Waals surface area contributed by atoms with Crippen molar-refractivity contribution in [2.24, 2.45) is 0 Å². The summed E-state index contributed by atoms with van der Waals surface area (Å²) < 4.78 is 37.0. The van der Waals surface area contributed by atoms with Crippen molar-refractivity contribution < 1.29 is 22.7 Å². The molecule has 0 spiro atoms. The van der Waals surface area contributed by atoms with E-state index in [9.17, 15) is 13.2 Å². The Labute approximate surface area is 182 Å². The van der Waals surface area contributed by atoms with Crippen LogP contribution in [0, 0.1) is 0 Å². The van der Waals surface area contributed by atoms with Crippen molar-refractivity contribution in [3.63, 3.8) is 0 Å². The third-order valence-electron chi connectivity index (χ3n) is 5.47. The number of hydrogen-bond acceptors (Lipinski definition) is 6. The Bertz CT molecular complexity index is 1020. The molecule has 1 fully saturated rings. The van der Waals surface area contributed by atoms with Crippen molar-refractivity contribution in [1.29, 1.82) is 0 Å². The molecule has 1 saturated heterocycles. The summed E-state index contributed by atoms with van der Waals surface area (Å²) >= 11 is 0. The van der Waals surface area contributed by atoms with Crippen molar-refractivity contribution >= 4 is 27.3 Å². The maximum absolute atomic E-state index is 12.8. The lowest BCUT2D eigenvalue weighted by Gasteiger charge is -2.28. The number of nitrogens with one attached hydrogen (secondary N) is 1. The average Bonchev–Trinajstić information content (AvgIpc) is 2.98. The zero-order valence-electron chi connectivity index (χ0n) is 17.5. The van der Waals surface area contributed by atoms with Crippen LogP contribution < -0.4 is 19.3 Å². The molecule has 2 aliphatic heterocycles. The van der Waals surface area contributed by atoms with Crippen LogP contribution in [0.5, 0.6) is 5.75 Å². The molecule has 2 aliphatic rings. The van der Waals surface area contributed by atoms with Gasteiger partial charge in [0.15, 0.2) is 6.10 Å². The first-order chi connectivity index (χ1) is 14.9. The Morgan fingerprint density at radius 3 is 2.48 bits per heavy atom. The largest absolute Gasteiger partial charge is 0.478 e. The number of anilines is 2. The molecule has 9 heteroatoms. The average molecular weight is 446 g/mol. The Morgan fingerprint density at radius 1 is 1.06 bits per heavy atom. The standard InChI is InChI=1S/C22H27N3O5S/c1-31(27,28)25-11-10-21(30-20-5-3-2-4-19(20)25)22(26)23-16-17-6-8-18(9-7-17)24-12-14-29-15-13-24/h2-9,21H,10-16H2,1H3,(H,23,26). The molecule has 2 aromatic rings. The van der Waals surface area contributed by atoms with Crippen LogP contribution in [0.3, 0.4) is 0 Å². The number of ether oxygens (including phenoxy) is 2. The highest BCUT2D eigenvalue weighted by atomic mass is 32.2. The number of hydrogen-bond donors (Lipinski definition) is 1. The number of nitrogens with zero attached hydrogens (tertiary/aromatic N) is 2. The van der Waals surface area contributed by atoms with Gasteiger partial charge in [0.25, 0.3) is 5.91 Å². The topological polar surface area (TPSA) is 88.2 Å². The van der Waals surface area contributed by atoms with E-state index in [1.807, 2.05) is 12.1 Å². The summed E-state index contributed by atoms with van der Waals surface area (Å²) in [7, 11) is -3.47. The van der Waals surface area contributed by atoms with Gasteiger partial charge in [-0.25, -0.2) is 8.42 Å². The highest BCUT2D eigenvalue weighted by molar-refractivity contribution is 7.92. The van der Waals surface area contributed by atoms with Gasteiger partial charge < -0.3 is 19.7 Å². The van der Waals surface area contributed by atoms with Crippen molar-refractivity contribution in [3.8, 4) is 5.75 Å². The van der Waals surface area contributed by atoms with Gasteiger partial charge in [-0.2, -0.15) is 0 Å². The first-order valence-electron chi connectivity index (χ1n) is 10.3. The number of para-hydroxylation sites is 2. The zero-order valence-corrected chi connectivity index (χ0v) is 18.3. The fraction of sp³-hybridized carbons (Fsp3) is 0.409. The summed E-state index contributed by atoms with van der Waals surface area (Å²) in [5.74, 6) is 0.128. The number of amides is 1. The number of sulfonamides is 1. The zero-order chi connectivity index (χ0) is 21.8. The molecule has 0 bridgehead atoms. The van der Waals surface area contributed by atoms with Gasteiger partial charge in [-0.3, -0.25) is 9.10 Å². The maximum atomic E-state index is 12.8. The smallest absolute Gasteiger partial charge is 0.261 e. The molecule has 4 rings (SSSR count). The van der Waals surface area contributed by atoms with E-state index >= 15 is 0 Å². The summed E-state index contributed by atoms with van der Waals surface area (Å²) in [4.78, 5) is 15.1. The van der Waals surface area contributed by atoms with Crippen LogP contribution in [0.25, 0.3) is 0 Å². The Balaban J connectivity index is 1.39. The van der Waals surface area contributed by atoms with Crippen LogP contribution in [0.15, 0.2) is 48.5 Å². The molecule has 1 amide bonds. The van der Waals surface area contributed by atoms with Gasteiger partial charge in [-0.15, -0.1) is 0 Å². The first-order valence-corrected chi connectivity index (χ1v) is 12.2. The second-order valence-corrected chi connectivity index (χ2v) is 9.59. The van der Waals surface area contributed by atoms with Gasteiger partial charge in [0.05, 0.1) is 25.2 Å². The second kappa shape index (κ2) is 9.15. The Hall–Kier alpha value is -2.78. The fourth-order valence-corrected chi connectivity index (χ4v) is 4.75. The molecule has 0 aliphatic carbocycles. The van der Waals surface area contributed by atoms with Crippen LogP contribution >= 0.6 is 0 Å². The molecule has 8 nitrogen and oxygen atoms in total. The van der Waals surface area contributed by atoms with E-state index in [1.165, 1.54) is 4.31 Å². The van der Waals surface area contributed by atoms with E-state index < -0.39 is 16.1 Å². The predicted octanol–water partition coefficient (Wildman–Crippen LogP) is 1.76. The van der Waals surface area contributed by atoms with Crippen molar-refractivity contribution in [2.75, 3.05) is 48.3 Å². The molecular formula is C22H27N3O5S. The predicted molar refractivity (Wildman–Crippen MR) is 119 cm³/mol. The Kier molecular flexibility index (Phi) is 6.33. The van der Waals surface area contributed by atoms with Crippen molar-refractivity contribution in [3.05, 3.63) is 54.1 Å². The number of carbonyl (C=O) groups is 1. The number of carbonyl (C=O) groups excluding carboxylic acids is 1.